The maximum absolute atomic E-state index is 13.1. The summed E-state index contributed by atoms with van der Waals surface area (Å²) in [6.07, 6.45) is 0.248. The molecule has 5 nitrogen and oxygen atoms in total. The third-order valence-corrected chi connectivity index (χ3v) is 5.40. The molecule has 132 valence electrons. The van der Waals surface area contributed by atoms with Crippen LogP contribution in [0, 0.1) is 0 Å². The van der Waals surface area contributed by atoms with E-state index in [1.807, 2.05) is 35.2 Å². The van der Waals surface area contributed by atoms with Crippen LogP contribution in [-0.2, 0) is 11.2 Å². The van der Waals surface area contributed by atoms with Crippen LogP contribution >= 0.6 is 0 Å². The van der Waals surface area contributed by atoms with Gasteiger partial charge < -0.3 is 19.4 Å². The minimum atomic E-state index is -0.599. The molecule has 5 rings (SSSR count). The Morgan fingerprint density at radius 2 is 1.88 bits per heavy atom. The fourth-order valence-electron chi connectivity index (χ4n) is 4.06. The number of H-pyrrole nitrogens is 1. The summed E-state index contributed by atoms with van der Waals surface area (Å²) >= 11 is 0. The lowest BCUT2D eigenvalue weighted by Crippen LogP contribution is -2.49. The third kappa shape index (κ3) is 2.27. The molecule has 1 amide bonds. The predicted octanol–water partition coefficient (Wildman–Crippen LogP) is 3.45. The smallest absolute Gasteiger partial charge is 0.267 e. The van der Waals surface area contributed by atoms with E-state index < -0.39 is 6.10 Å². The Labute approximate surface area is 151 Å². The number of carbonyl (C=O) groups excluding carboxylic acids is 1. The summed E-state index contributed by atoms with van der Waals surface area (Å²) in [4.78, 5) is 18.5. The van der Waals surface area contributed by atoms with Crippen molar-refractivity contribution in [2.45, 2.75) is 25.5 Å². The highest BCUT2D eigenvalue weighted by atomic mass is 16.6. The van der Waals surface area contributed by atoms with Gasteiger partial charge in [0, 0.05) is 23.1 Å². The molecule has 2 atom stereocenters. The van der Waals surface area contributed by atoms with Crippen LogP contribution < -0.4 is 9.47 Å². The molecule has 3 aromatic rings. The van der Waals surface area contributed by atoms with Crippen molar-refractivity contribution in [1.29, 1.82) is 0 Å². The van der Waals surface area contributed by atoms with Crippen LogP contribution in [-0.4, -0.2) is 35.0 Å². The quantitative estimate of drug-likeness (QED) is 0.733. The molecule has 0 saturated heterocycles. The zero-order chi connectivity index (χ0) is 17.7. The molecule has 0 unspecified atom stereocenters. The van der Waals surface area contributed by atoms with Gasteiger partial charge in [0.15, 0.2) is 11.5 Å². The Morgan fingerprint density at radius 1 is 1.12 bits per heavy atom. The standard InChI is InChI=1S/C21H20N2O3/c1-13-20-15(14-6-2-3-7-16(14)22-20)10-11-23(13)21(24)19-12-25-17-8-4-5-9-18(17)26-19/h2-9,13,19,22H,10-12H2,1H3/t13-,19+/m0/s1. The fraction of sp³-hybridized carbons (Fsp3) is 0.286. The van der Waals surface area contributed by atoms with Crippen molar-refractivity contribution in [1.82, 2.24) is 9.88 Å². The summed E-state index contributed by atoms with van der Waals surface area (Å²) in [5, 5.41) is 1.26. The molecule has 3 heterocycles. The van der Waals surface area contributed by atoms with E-state index in [2.05, 4.69) is 30.1 Å². The maximum Gasteiger partial charge on any atom is 0.267 e. The summed E-state index contributed by atoms with van der Waals surface area (Å²) in [6.45, 7) is 3.01. The van der Waals surface area contributed by atoms with Crippen molar-refractivity contribution >= 4 is 16.8 Å². The summed E-state index contributed by atoms with van der Waals surface area (Å²) in [5.74, 6) is 1.31. The lowest BCUT2D eigenvalue weighted by atomic mass is 9.97. The number of carbonyl (C=O) groups is 1. The van der Waals surface area contributed by atoms with Crippen molar-refractivity contribution in [2.75, 3.05) is 13.2 Å². The highest BCUT2D eigenvalue weighted by Crippen LogP contribution is 2.36. The van der Waals surface area contributed by atoms with E-state index in [-0.39, 0.29) is 18.6 Å². The second-order valence-electron chi connectivity index (χ2n) is 6.88. The first-order valence-electron chi connectivity index (χ1n) is 9.01. The average Bonchev–Trinajstić information content (AvgIpc) is 3.07. The van der Waals surface area contributed by atoms with E-state index in [9.17, 15) is 4.79 Å². The van der Waals surface area contributed by atoms with Crippen LogP contribution in [0.2, 0.25) is 0 Å². The zero-order valence-electron chi connectivity index (χ0n) is 14.6. The number of nitrogens with zero attached hydrogens (tertiary/aromatic N) is 1. The molecular formula is C21H20N2O3. The number of ether oxygens (including phenoxy) is 2. The number of nitrogens with one attached hydrogen (secondary N) is 1. The first-order chi connectivity index (χ1) is 12.7. The normalized spacial score (nSPS) is 21.5. The molecule has 5 heteroatoms. The molecule has 26 heavy (non-hydrogen) atoms. The number of amides is 1. The lowest BCUT2D eigenvalue weighted by molar-refractivity contribution is -0.144. The van der Waals surface area contributed by atoms with Crippen LogP contribution in [0.15, 0.2) is 48.5 Å². The van der Waals surface area contributed by atoms with E-state index in [4.69, 9.17) is 9.47 Å². The Morgan fingerprint density at radius 3 is 2.77 bits per heavy atom. The number of rotatable bonds is 1. The van der Waals surface area contributed by atoms with Crippen molar-refractivity contribution in [3.8, 4) is 11.5 Å². The summed E-state index contributed by atoms with van der Waals surface area (Å²) in [6, 6.07) is 15.8. The highest BCUT2D eigenvalue weighted by molar-refractivity contribution is 5.87. The zero-order valence-corrected chi connectivity index (χ0v) is 14.6. The minimum Gasteiger partial charge on any atom is -0.485 e. The highest BCUT2D eigenvalue weighted by Gasteiger charge is 2.36. The molecule has 0 aliphatic carbocycles. The minimum absolute atomic E-state index is 0.0144. The number of aromatic nitrogens is 1. The van der Waals surface area contributed by atoms with Gasteiger partial charge >= 0.3 is 0 Å². The molecule has 0 saturated carbocycles. The first-order valence-corrected chi connectivity index (χ1v) is 9.01. The van der Waals surface area contributed by atoms with Gasteiger partial charge in [-0.2, -0.15) is 0 Å². The molecule has 2 aliphatic rings. The molecular weight excluding hydrogens is 328 g/mol. The topological polar surface area (TPSA) is 54.6 Å². The summed E-state index contributed by atoms with van der Waals surface area (Å²) in [5.41, 5.74) is 3.58. The maximum atomic E-state index is 13.1. The van der Waals surface area contributed by atoms with E-state index in [1.54, 1.807) is 0 Å². The van der Waals surface area contributed by atoms with Gasteiger partial charge in [0.2, 0.25) is 6.10 Å². The second-order valence-corrected chi connectivity index (χ2v) is 6.88. The van der Waals surface area contributed by atoms with Gasteiger partial charge in [0.05, 0.1) is 6.04 Å². The summed E-state index contributed by atoms with van der Waals surface area (Å²) < 4.78 is 11.6. The monoisotopic (exact) mass is 348 g/mol. The number of hydrogen-bond acceptors (Lipinski definition) is 3. The largest absolute Gasteiger partial charge is 0.485 e. The van der Waals surface area contributed by atoms with E-state index in [0.717, 1.165) is 17.6 Å². The van der Waals surface area contributed by atoms with E-state index >= 15 is 0 Å². The van der Waals surface area contributed by atoms with E-state index in [1.165, 1.54) is 10.9 Å². The number of para-hydroxylation sites is 3. The van der Waals surface area contributed by atoms with Crippen molar-refractivity contribution < 1.29 is 14.3 Å². The van der Waals surface area contributed by atoms with Crippen molar-refractivity contribution in [3.63, 3.8) is 0 Å². The number of benzene rings is 2. The van der Waals surface area contributed by atoms with Gasteiger partial charge in [-0.15, -0.1) is 0 Å². The van der Waals surface area contributed by atoms with Crippen LogP contribution in [0.5, 0.6) is 11.5 Å². The van der Waals surface area contributed by atoms with Crippen molar-refractivity contribution in [2.24, 2.45) is 0 Å². The van der Waals surface area contributed by atoms with E-state index in [0.29, 0.717) is 18.0 Å². The SMILES string of the molecule is C[C@H]1c2[nH]c3ccccc3c2CCN1C(=O)[C@H]1COc2ccccc2O1. The molecule has 2 aromatic carbocycles. The average molecular weight is 348 g/mol. The Hall–Kier alpha value is -2.95. The Bertz CT molecular complexity index is 994. The fourth-order valence-corrected chi connectivity index (χ4v) is 4.06. The molecule has 0 radical (unpaired) electrons. The molecule has 0 spiro atoms. The van der Waals surface area contributed by atoms with Gasteiger partial charge in [-0.05, 0) is 37.1 Å². The van der Waals surface area contributed by atoms with Crippen LogP contribution in [0.25, 0.3) is 10.9 Å². The lowest BCUT2D eigenvalue weighted by Gasteiger charge is -2.37. The number of fused-ring (bicyclic) bond motifs is 4. The van der Waals surface area contributed by atoms with Gasteiger partial charge in [-0.1, -0.05) is 30.3 Å². The van der Waals surface area contributed by atoms with Crippen molar-refractivity contribution in [3.05, 3.63) is 59.8 Å². The van der Waals surface area contributed by atoms with Gasteiger partial charge in [-0.25, -0.2) is 0 Å². The second kappa shape index (κ2) is 5.80. The van der Waals surface area contributed by atoms with Gasteiger partial charge in [0.1, 0.15) is 6.61 Å². The number of aromatic amines is 1. The molecule has 1 N–H and O–H groups in total. The molecule has 1 aromatic heterocycles. The van der Waals surface area contributed by atoms with Crippen LogP contribution in [0.3, 0.4) is 0 Å². The van der Waals surface area contributed by atoms with Gasteiger partial charge in [0.25, 0.3) is 5.91 Å². The Balaban J connectivity index is 1.42. The third-order valence-electron chi connectivity index (χ3n) is 5.40. The van der Waals surface area contributed by atoms with Gasteiger partial charge in [-0.3, -0.25) is 4.79 Å². The first kappa shape index (κ1) is 15.3. The van der Waals surface area contributed by atoms with Crippen LogP contribution in [0.1, 0.15) is 24.2 Å². The molecule has 2 aliphatic heterocycles. The summed E-state index contributed by atoms with van der Waals surface area (Å²) in [7, 11) is 0. The van der Waals surface area contributed by atoms with Crippen LogP contribution in [0.4, 0.5) is 0 Å². The molecule has 0 fully saturated rings. The Kier molecular flexibility index (Phi) is 3.42. The predicted molar refractivity (Wildman–Crippen MR) is 98.5 cm³/mol. The molecule has 0 bridgehead atoms. The number of hydrogen-bond donors (Lipinski definition) is 1.